The smallest absolute Gasteiger partial charge is 0.0679 e. The summed E-state index contributed by atoms with van der Waals surface area (Å²) in [6.07, 6.45) is 3.22. The van der Waals surface area contributed by atoms with E-state index < -0.39 is 0 Å². The Morgan fingerprint density at radius 2 is 2.12 bits per heavy atom. The van der Waals surface area contributed by atoms with E-state index in [4.69, 9.17) is 0 Å². The zero-order valence-corrected chi connectivity index (χ0v) is 12.0. The second-order valence-corrected chi connectivity index (χ2v) is 6.40. The predicted octanol–water partition coefficient (Wildman–Crippen LogP) is 1.86. The predicted molar refractivity (Wildman–Crippen MR) is 73.2 cm³/mol. The quantitative estimate of drug-likeness (QED) is 0.746. The van der Waals surface area contributed by atoms with Gasteiger partial charge < -0.3 is 15.3 Å². The van der Waals surface area contributed by atoms with E-state index in [1.54, 1.807) is 0 Å². The molecule has 3 nitrogen and oxygen atoms in total. The van der Waals surface area contributed by atoms with Gasteiger partial charge in [0.1, 0.15) is 0 Å². The van der Waals surface area contributed by atoms with Crippen molar-refractivity contribution < 1.29 is 5.11 Å². The lowest BCUT2D eigenvalue weighted by Gasteiger charge is -2.33. The average molecular weight is 242 g/mol. The fourth-order valence-corrected chi connectivity index (χ4v) is 2.49. The van der Waals surface area contributed by atoms with Gasteiger partial charge in [0.05, 0.1) is 6.10 Å². The van der Waals surface area contributed by atoms with Crippen LogP contribution in [0.3, 0.4) is 0 Å². The molecule has 1 rings (SSSR count). The van der Waals surface area contributed by atoms with E-state index >= 15 is 0 Å². The van der Waals surface area contributed by atoms with Crippen molar-refractivity contribution in [3.63, 3.8) is 0 Å². The number of hydrogen-bond acceptors (Lipinski definition) is 3. The van der Waals surface area contributed by atoms with Gasteiger partial charge in [0.2, 0.25) is 0 Å². The molecule has 0 aromatic rings. The minimum absolute atomic E-state index is 0.0910. The molecule has 1 fully saturated rings. The lowest BCUT2D eigenvalue weighted by atomic mass is 9.84. The fourth-order valence-electron chi connectivity index (χ4n) is 2.49. The van der Waals surface area contributed by atoms with Gasteiger partial charge in [0, 0.05) is 19.1 Å². The van der Waals surface area contributed by atoms with Crippen molar-refractivity contribution in [3.05, 3.63) is 0 Å². The molecule has 1 heterocycles. The Bertz CT molecular complexity index is 213. The summed E-state index contributed by atoms with van der Waals surface area (Å²) in [6, 6.07) is 0.570. The van der Waals surface area contributed by atoms with Crippen molar-refractivity contribution in [3.8, 4) is 0 Å². The van der Waals surface area contributed by atoms with Crippen LogP contribution in [-0.4, -0.2) is 48.3 Å². The summed E-state index contributed by atoms with van der Waals surface area (Å²) in [6.45, 7) is 13.3. The van der Waals surface area contributed by atoms with Crippen molar-refractivity contribution >= 4 is 0 Å². The molecule has 1 aliphatic heterocycles. The summed E-state index contributed by atoms with van der Waals surface area (Å²) in [7, 11) is 0. The standard InChI is InChI=1S/C14H30N2O/c1-5-8-15-13(14(2,3)4)7-10-16-9-6-12(17)11-16/h12-13,15,17H,5-11H2,1-4H3. The number of rotatable bonds is 6. The highest BCUT2D eigenvalue weighted by molar-refractivity contribution is 4.83. The Labute approximate surface area is 107 Å². The molecule has 2 unspecified atom stereocenters. The van der Waals surface area contributed by atoms with Gasteiger partial charge in [0.25, 0.3) is 0 Å². The van der Waals surface area contributed by atoms with Crippen molar-refractivity contribution in [1.82, 2.24) is 10.2 Å². The van der Waals surface area contributed by atoms with Crippen LogP contribution in [0.1, 0.15) is 47.0 Å². The van der Waals surface area contributed by atoms with Crippen molar-refractivity contribution in [2.75, 3.05) is 26.2 Å². The lowest BCUT2D eigenvalue weighted by molar-refractivity contribution is 0.168. The molecule has 17 heavy (non-hydrogen) atoms. The van der Waals surface area contributed by atoms with Crippen molar-refractivity contribution in [2.45, 2.75) is 59.1 Å². The molecule has 0 amide bonds. The number of nitrogens with one attached hydrogen (secondary N) is 1. The molecule has 1 aliphatic rings. The van der Waals surface area contributed by atoms with Gasteiger partial charge >= 0.3 is 0 Å². The van der Waals surface area contributed by atoms with Gasteiger partial charge in [-0.2, -0.15) is 0 Å². The van der Waals surface area contributed by atoms with Gasteiger partial charge in [-0.1, -0.05) is 27.7 Å². The maximum absolute atomic E-state index is 9.51. The van der Waals surface area contributed by atoms with Crippen LogP contribution in [0.25, 0.3) is 0 Å². The molecule has 0 aliphatic carbocycles. The van der Waals surface area contributed by atoms with Crippen molar-refractivity contribution in [1.29, 1.82) is 0 Å². The van der Waals surface area contributed by atoms with Gasteiger partial charge in [-0.05, 0) is 37.8 Å². The fraction of sp³-hybridized carbons (Fsp3) is 1.00. The third-order valence-corrected chi connectivity index (χ3v) is 3.67. The molecule has 0 aromatic heterocycles. The second kappa shape index (κ2) is 6.72. The zero-order chi connectivity index (χ0) is 12.9. The highest BCUT2D eigenvalue weighted by atomic mass is 16.3. The van der Waals surface area contributed by atoms with E-state index in [1.807, 2.05) is 0 Å². The SMILES string of the molecule is CCCNC(CCN1CCC(O)C1)C(C)(C)C. The van der Waals surface area contributed by atoms with E-state index in [0.717, 1.165) is 32.6 Å². The molecule has 0 aromatic carbocycles. The van der Waals surface area contributed by atoms with Crippen LogP contribution in [0.2, 0.25) is 0 Å². The summed E-state index contributed by atoms with van der Waals surface area (Å²) >= 11 is 0. The Morgan fingerprint density at radius 3 is 2.59 bits per heavy atom. The molecule has 1 saturated heterocycles. The first-order valence-electron chi connectivity index (χ1n) is 7.07. The van der Waals surface area contributed by atoms with Crippen LogP contribution < -0.4 is 5.32 Å². The van der Waals surface area contributed by atoms with E-state index in [-0.39, 0.29) is 6.10 Å². The van der Waals surface area contributed by atoms with Crippen LogP contribution in [0.5, 0.6) is 0 Å². The molecular weight excluding hydrogens is 212 g/mol. The third-order valence-electron chi connectivity index (χ3n) is 3.67. The maximum Gasteiger partial charge on any atom is 0.0679 e. The van der Waals surface area contributed by atoms with Gasteiger partial charge in [0.15, 0.2) is 0 Å². The number of nitrogens with zero attached hydrogens (tertiary/aromatic N) is 1. The highest BCUT2D eigenvalue weighted by Crippen LogP contribution is 2.22. The minimum atomic E-state index is -0.0910. The second-order valence-electron chi connectivity index (χ2n) is 6.40. The summed E-state index contributed by atoms with van der Waals surface area (Å²) in [5.74, 6) is 0. The Morgan fingerprint density at radius 1 is 1.41 bits per heavy atom. The lowest BCUT2D eigenvalue weighted by Crippen LogP contribution is -2.43. The molecule has 102 valence electrons. The molecule has 2 atom stereocenters. The topological polar surface area (TPSA) is 35.5 Å². The number of aliphatic hydroxyl groups excluding tert-OH is 1. The monoisotopic (exact) mass is 242 g/mol. The molecular formula is C14H30N2O. The summed E-state index contributed by atoms with van der Waals surface area (Å²) in [5, 5.41) is 13.2. The van der Waals surface area contributed by atoms with Crippen LogP contribution in [0.4, 0.5) is 0 Å². The molecule has 0 spiro atoms. The zero-order valence-electron chi connectivity index (χ0n) is 12.0. The summed E-state index contributed by atoms with van der Waals surface area (Å²) < 4.78 is 0. The normalized spacial score (nSPS) is 24.2. The van der Waals surface area contributed by atoms with Crippen LogP contribution in [0, 0.1) is 5.41 Å². The van der Waals surface area contributed by atoms with Gasteiger partial charge in [-0.25, -0.2) is 0 Å². The number of β-amino-alcohol motifs (C(OH)–C–C–N with tert-alkyl or cyclic N) is 1. The minimum Gasteiger partial charge on any atom is -0.392 e. The Hall–Kier alpha value is -0.120. The van der Waals surface area contributed by atoms with Crippen LogP contribution in [-0.2, 0) is 0 Å². The number of likely N-dealkylation sites (tertiary alicyclic amines) is 1. The van der Waals surface area contributed by atoms with Crippen molar-refractivity contribution in [2.24, 2.45) is 5.41 Å². The Kier molecular flexibility index (Phi) is 5.90. The van der Waals surface area contributed by atoms with Gasteiger partial charge in [-0.3, -0.25) is 0 Å². The number of aliphatic hydroxyl groups is 1. The largest absolute Gasteiger partial charge is 0.392 e. The molecule has 0 radical (unpaired) electrons. The first-order valence-corrected chi connectivity index (χ1v) is 7.07. The summed E-state index contributed by atoms with van der Waals surface area (Å²) in [4.78, 5) is 2.39. The van der Waals surface area contributed by atoms with E-state index in [2.05, 4.69) is 37.9 Å². The van der Waals surface area contributed by atoms with Crippen LogP contribution >= 0.6 is 0 Å². The van der Waals surface area contributed by atoms with E-state index in [9.17, 15) is 5.11 Å². The highest BCUT2D eigenvalue weighted by Gasteiger charge is 2.26. The molecule has 0 bridgehead atoms. The summed E-state index contributed by atoms with van der Waals surface area (Å²) in [5.41, 5.74) is 0.313. The maximum atomic E-state index is 9.51. The third kappa shape index (κ3) is 5.36. The van der Waals surface area contributed by atoms with E-state index in [0.29, 0.717) is 11.5 Å². The molecule has 2 N–H and O–H groups in total. The molecule has 3 heteroatoms. The molecule has 0 saturated carbocycles. The van der Waals surface area contributed by atoms with Gasteiger partial charge in [-0.15, -0.1) is 0 Å². The first-order chi connectivity index (χ1) is 7.93. The Balaban J connectivity index is 2.33. The average Bonchev–Trinajstić information content (AvgIpc) is 2.62. The van der Waals surface area contributed by atoms with Crippen LogP contribution in [0.15, 0.2) is 0 Å². The van der Waals surface area contributed by atoms with E-state index in [1.165, 1.54) is 12.8 Å². The number of hydrogen-bond donors (Lipinski definition) is 2. The first kappa shape index (κ1) is 14.9.